The molecule has 0 spiro atoms. The fraction of sp³-hybridized carbons (Fsp3) is 0.909. The van der Waals surface area contributed by atoms with Crippen molar-refractivity contribution in [3.05, 3.63) is 0 Å². The van der Waals surface area contributed by atoms with Crippen molar-refractivity contribution in [3.8, 4) is 0 Å². The highest BCUT2D eigenvalue weighted by Gasteiger charge is 2.26. The number of nitrogens with zero attached hydrogens (tertiary/aromatic N) is 1. The van der Waals surface area contributed by atoms with Crippen LogP contribution in [0, 0.1) is 11.8 Å². The lowest BCUT2D eigenvalue weighted by Crippen LogP contribution is -2.39. The van der Waals surface area contributed by atoms with Gasteiger partial charge in [0.25, 0.3) is 0 Å². The van der Waals surface area contributed by atoms with Gasteiger partial charge in [0.1, 0.15) is 0 Å². The van der Waals surface area contributed by atoms with E-state index in [9.17, 15) is 4.79 Å². The number of rotatable bonds is 2. The molecule has 2 fully saturated rings. The fourth-order valence-corrected chi connectivity index (χ4v) is 2.26. The maximum Gasteiger partial charge on any atom is 0.226 e. The average molecular weight is 212 g/mol. The average Bonchev–Trinajstić information content (AvgIpc) is 2.68. The molecule has 0 aromatic rings. The van der Waals surface area contributed by atoms with Crippen LogP contribution >= 0.6 is 0 Å². The molecule has 2 aliphatic heterocycles. The van der Waals surface area contributed by atoms with Gasteiger partial charge in [0.05, 0.1) is 6.61 Å². The molecule has 15 heavy (non-hydrogen) atoms. The standard InChI is InChI=1S/C11H20N2O2/c1-9-6-12-3-4-13(11(9)14)7-10-2-5-15-8-10/h9-10,12H,2-8H2,1H3. The molecule has 1 amide bonds. The molecule has 86 valence electrons. The van der Waals surface area contributed by atoms with Crippen LogP contribution in [0.15, 0.2) is 0 Å². The monoisotopic (exact) mass is 212 g/mol. The summed E-state index contributed by atoms with van der Waals surface area (Å²) in [5.74, 6) is 0.973. The maximum absolute atomic E-state index is 12.0. The quantitative estimate of drug-likeness (QED) is 0.705. The minimum absolute atomic E-state index is 0.120. The summed E-state index contributed by atoms with van der Waals surface area (Å²) >= 11 is 0. The molecular weight excluding hydrogens is 192 g/mol. The van der Waals surface area contributed by atoms with Crippen LogP contribution in [-0.4, -0.2) is 50.2 Å². The van der Waals surface area contributed by atoms with Gasteiger partial charge in [0, 0.05) is 44.6 Å². The van der Waals surface area contributed by atoms with Crippen LogP contribution in [0.2, 0.25) is 0 Å². The van der Waals surface area contributed by atoms with Gasteiger partial charge in [-0.25, -0.2) is 0 Å². The van der Waals surface area contributed by atoms with Crippen molar-refractivity contribution in [1.82, 2.24) is 10.2 Å². The minimum atomic E-state index is 0.120. The summed E-state index contributed by atoms with van der Waals surface area (Å²) in [6.07, 6.45) is 1.10. The summed E-state index contributed by atoms with van der Waals surface area (Å²) in [5.41, 5.74) is 0. The predicted molar refractivity (Wildman–Crippen MR) is 57.5 cm³/mol. The van der Waals surface area contributed by atoms with Gasteiger partial charge in [-0.1, -0.05) is 6.92 Å². The van der Waals surface area contributed by atoms with Gasteiger partial charge in [-0.3, -0.25) is 4.79 Å². The zero-order valence-electron chi connectivity index (χ0n) is 9.37. The number of hydrogen-bond donors (Lipinski definition) is 1. The molecule has 2 atom stereocenters. The van der Waals surface area contributed by atoms with Crippen molar-refractivity contribution >= 4 is 5.91 Å². The van der Waals surface area contributed by atoms with Gasteiger partial charge in [0.15, 0.2) is 0 Å². The number of amides is 1. The smallest absolute Gasteiger partial charge is 0.226 e. The number of ether oxygens (including phenoxy) is 1. The maximum atomic E-state index is 12.0. The van der Waals surface area contributed by atoms with Crippen molar-refractivity contribution < 1.29 is 9.53 Å². The third-order valence-electron chi connectivity index (χ3n) is 3.24. The van der Waals surface area contributed by atoms with Crippen LogP contribution in [0.1, 0.15) is 13.3 Å². The first-order chi connectivity index (χ1) is 7.27. The van der Waals surface area contributed by atoms with Crippen LogP contribution in [0.4, 0.5) is 0 Å². The zero-order chi connectivity index (χ0) is 10.7. The van der Waals surface area contributed by atoms with Crippen molar-refractivity contribution in [2.24, 2.45) is 11.8 Å². The van der Waals surface area contributed by atoms with E-state index in [-0.39, 0.29) is 5.92 Å². The van der Waals surface area contributed by atoms with E-state index in [1.807, 2.05) is 11.8 Å². The highest BCUT2D eigenvalue weighted by atomic mass is 16.5. The number of hydrogen-bond acceptors (Lipinski definition) is 3. The molecule has 2 saturated heterocycles. The zero-order valence-corrected chi connectivity index (χ0v) is 9.37. The van der Waals surface area contributed by atoms with Crippen LogP contribution < -0.4 is 5.32 Å². The van der Waals surface area contributed by atoms with Crippen molar-refractivity contribution in [3.63, 3.8) is 0 Å². The summed E-state index contributed by atoms with van der Waals surface area (Å²) in [7, 11) is 0. The van der Waals surface area contributed by atoms with Gasteiger partial charge >= 0.3 is 0 Å². The van der Waals surface area contributed by atoms with E-state index in [0.717, 1.165) is 45.8 Å². The third-order valence-corrected chi connectivity index (χ3v) is 3.24. The topological polar surface area (TPSA) is 41.6 Å². The minimum Gasteiger partial charge on any atom is -0.381 e. The fourth-order valence-electron chi connectivity index (χ4n) is 2.26. The van der Waals surface area contributed by atoms with E-state index in [0.29, 0.717) is 11.8 Å². The lowest BCUT2D eigenvalue weighted by molar-refractivity contribution is -0.134. The Hall–Kier alpha value is -0.610. The van der Waals surface area contributed by atoms with Crippen molar-refractivity contribution in [2.75, 3.05) is 39.4 Å². The first-order valence-corrected chi connectivity index (χ1v) is 5.84. The molecule has 4 heteroatoms. The molecule has 2 aliphatic rings. The van der Waals surface area contributed by atoms with E-state index >= 15 is 0 Å². The van der Waals surface area contributed by atoms with Crippen LogP contribution in [0.25, 0.3) is 0 Å². The van der Waals surface area contributed by atoms with Gasteiger partial charge in [-0.05, 0) is 6.42 Å². The normalized spacial score (nSPS) is 33.1. The summed E-state index contributed by atoms with van der Waals surface area (Å²) < 4.78 is 5.34. The summed E-state index contributed by atoms with van der Waals surface area (Å²) in [5, 5.41) is 3.29. The van der Waals surface area contributed by atoms with E-state index < -0.39 is 0 Å². The molecule has 2 unspecified atom stereocenters. The second-order valence-electron chi connectivity index (χ2n) is 4.62. The molecule has 0 aromatic carbocycles. The lowest BCUT2D eigenvalue weighted by atomic mass is 10.1. The molecule has 0 saturated carbocycles. The Morgan fingerprint density at radius 2 is 2.47 bits per heavy atom. The third kappa shape index (κ3) is 2.69. The van der Waals surface area contributed by atoms with E-state index in [4.69, 9.17) is 4.74 Å². The van der Waals surface area contributed by atoms with Crippen LogP contribution in [0.5, 0.6) is 0 Å². The Kier molecular flexibility index (Phi) is 3.59. The highest BCUT2D eigenvalue weighted by Crippen LogP contribution is 2.15. The number of carbonyl (C=O) groups excluding carboxylic acids is 1. The molecule has 4 nitrogen and oxygen atoms in total. The van der Waals surface area contributed by atoms with Crippen LogP contribution in [-0.2, 0) is 9.53 Å². The Labute approximate surface area is 91.0 Å². The summed E-state index contributed by atoms with van der Waals surface area (Å²) in [6, 6.07) is 0. The van der Waals surface area contributed by atoms with E-state index in [1.165, 1.54) is 0 Å². The number of nitrogens with one attached hydrogen (secondary N) is 1. The van der Waals surface area contributed by atoms with E-state index in [1.54, 1.807) is 0 Å². The lowest BCUT2D eigenvalue weighted by Gasteiger charge is -2.24. The van der Waals surface area contributed by atoms with Gasteiger partial charge < -0.3 is 15.0 Å². The van der Waals surface area contributed by atoms with Gasteiger partial charge in [-0.2, -0.15) is 0 Å². The Morgan fingerprint density at radius 1 is 1.60 bits per heavy atom. The van der Waals surface area contributed by atoms with Crippen molar-refractivity contribution in [2.45, 2.75) is 13.3 Å². The summed E-state index contributed by atoms with van der Waals surface area (Å²) in [6.45, 7) is 7.15. The van der Waals surface area contributed by atoms with Gasteiger partial charge in [-0.15, -0.1) is 0 Å². The van der Waals surface area contributed by atoms with Crippen molar-refractivity contribution in [1.29, 1.82) is 0 Å². The highest BCUT2D eigenvalue weighted by molar-refractivity contribution is 5.79. The molecule has 0 aliphatic carbocycles. The first kappa shape index (κ1) is 10.9. The Balaban J connectivity index is 1.90. The summed E-state index contributed by atoms with van der Waals surface area (Å²) in [4.78, 5) is 14.0. The van der Waals surface area contributed by atoms with E-state index in [2.05, 4.69) is 5.32 Å². The molecule has 0 radical (unpaired) electrons. The Bertz CT molecular complexity index is 227. The first-order valence-electron chi connectivity index (χ1n) is 5.84. The van der Waals surface area contributed by atoms with Crippen LogP contribution in [0.3, 0.4) is 0 Å². The molecule has 1 N–H and O–H groups in total. The predicted octanol–water partition coefficient (Wildman–Crippen LogP) is 0.0908. The molecule has 2 rings (SSSR count). The molecule has 0 aromatic heterocycles. The number of carbonyl (C=O) groups is 1. The Morgan fingerprint density at radius 3 is 3.20 bits per heavy atom. The SMILES string of the molecule is CC1CNCCN(CC2CCOC2)C1=O. The largest absolute Gasteiger partial charge is 0.381 e. The second-order valence-corrected chi connectivity index (χ2v) is 4.62. The van der Waals surface area contributed by atoms with Gasteiger partial charge in [0.2, 0.25) is 5.91 Å². The second kappa shape index (κ2) is 4.94. The molecule has 2 heterocycles. The molecular formula is C11H20N2O2. The molecule has 0 bridgehead atoms.